The Labute approximate surface area is 94.2 Å². The van der Waals surface area contributed by atoms with Crippen LogP contribution in [0, 0.1) is 0 Å². The van der Waals surface area contributed by atoms with E-state index >= 15 is 0 Å². The zero-order chi connectivity index (χ0) is 12.1. The quantitative estimate of drug-likeness (QED) is 0.520. The molecule has 90 valence electrons. The van der Waals surface area contributed by atoms with E-state index in [2.05, 4.69) is 38.0 Å². The first-order chi connectivity index (χ1) is 6.75. The van der Waals surface area contributed by atoms with E-state index in [4.69, 9.17) is 0 Å². The lowest BCUT2D eigenvalue weighted by Gasteiger charge is -2.41. The first kappa shape index (κ1) is 14.6. The maximum atomic E-state index is 10.9. The molecular formula is C12H26N2O. The van der Waals surface area contributed by atoms with Gasteiger partial charge in [-0.05, 0) is 47.7 Å². The second-order valence-electron chi connectivity index (χ2n) is 5.30. The van der Waals surface area contributed by atoms with Crippen LogP contribution in [0.2, 0.25) is 0 Å². The summed E-state index contributed by atoms with van der Waals surface area (Å²) < 4.78 is 0. The highest BCUT2D eigenvalue weighted by molar-refractivity contribution is 5.62. The Kier molecular flexibility index (Phi) is 5.46. The van der Waals surface area contributed by atoms with Crippen molar-refractivity contribution < 1.29 is 4.79 Å². The van der Waals surface area contributed by atoms with Crippen LogP contribution in [0.25, 0.3) is 0 Å². The number of carbonyl (C=O) groups is 1. The number of aldehydes is 1. The topological polar surface area (TPSA) is 32.3 Å². The van der Waals surface area contributed by atoms with Gasteiger partial charge in [-0.1, -0.05) is 13.3 Å². The van der Waals surface area contributed by atoms with Crippen molar-refractivity contribution in [1.29, 1.82) is 0 Å². The molecule has 3 heteroatoms. The van der Waals surface area contributed by atoms with E-state index in [1.54, 1.807) is 0 Å². The normalized spacial score (nSPS) is 13.3. The highest BCUT2D eigenvalue weighted by Crippen LogP contribution is 2.13. The standard InChI is InChI=1S/C12H26N2O/c1-7-8-9-14(6)12(4,5)13-11(2,3)10-15/h10,13H,7-9H2,1-6H3. The summed E-state index contributed by atoms with van der Waals surface area (Å²) in [4.78, 5) is 13.1. The van der Waals surface area contributed by atoms with E-state index in [-0.39, 0.29) is 5.66 Å². The van der Waals surface area contributed by atoms with E-state index < -0.39 is 5.54 Å². The van der Waals surface area contributed by atoms with Crippen LogP contribution in [-0.2, 0) is 4.79 Å². The molecule has 0 rings (SSSR count). The second-order valence-corrected chi connectivity index (χ2v) is 5.30. The van der Waals surface area contributed by atoms with E-state index in [0.717, 1.165) is 12.8 Å². The summed E-state index contributed by atoms with van der Waals surface area (Å²) in [6, 6.07) is 0. The molecule has 0 aromatic carbocycles. The first-order valence-electron chi connectivity index (χ1n) is 5.72. The summed E-state index contributed by atoms with van der Waals surface area (Å²) in [6.45, 7) is 11.2. The molecule has 0 fully saturated rings. The van der Waals surface area contributed by atoms with Gasteiger partial charge in [0.15, 0.2) is 0 Å². The molecule has 15 heavy (non-hydrogen) atoms. The Morgan fingerprint density at radius 3 is 2.20 bits per heavy atom. The van der Waals surface area contributed by atoms with E-state index in [0.29, 0.717) is 0 Å². The van der Waals surface area contributed by atoms with E-state index in [9.17, 15) is 4.79 Å². The van der Waals surface area contributed by atoms with Crippen molar-refractivity contribution in [3.05, 3.63) is 0 Å². The average Bonchev–Trinajstić information content (AvgIpc) is 2.12. The van der Waals surface area contributed by atoms with Gasteiger partial charge in [-0.25, -0.2) is 0 Å². The number of hydrogen-bond acceptors (Lipinski definition) is 3. The highest BCUT2D eigenvalue weighted by Gasteiger charge is 2.29. The fourth-order valence-electron chi connectivity index (χ4n) is 1.59. The van der Waals surface area contributed by atoms with Gasteiger partial charge in [0.1, 0.15) is 6.29 Å². The molecule has 0 heterocycles. The number of nitrogens with zero attached hydrogens (tertiary/aromatic N) is 1. The van der Waals surface area contributed by atoms with Crippen LogP contribution >= 0.6 is 0 Å². The van der Waals surface area contributed by atoms with Crippen molar-refractivity contribution in [3.63, 3.8) is 0 Å². The van der Waals surface area contributed by atoms with E-state index in [1.165, 1.54) is 12.8 Å². The Morgan fingerprint density at radius 1 is 1.27 bits per heavy atom. The summed E-state index contributed by atoms with van der Waals surface area (Å²) in [5, 5.41) is 3.35. The van der Waals surface area contributed by atoms with Crippen molar-refractivity contribution in [3.8, 4) is 0 Å². The van der Waals surface area contributed by atoms with Crippen molar-refractivity contribution >= 4 is 6.29 Å². The predicted octanol–water partition coefficient (Wildman–Crippen LogP) is 2.02. The molecule has 0 aromatic rings. The average molecular weight is 214 g/mol. The number of unbranched alkanes of at least 4 members (excludes halogenated alkanes) is 1. The number of nitrogens with one attached hydrogen (secondary N) is 1. The number of hydrogen-bond donors (Lipinski definition) is 1. The minimum atomic E-state index is -0.468. The fraction of sp³-hybridized carbons (Fsp3) is 0.917. The lowest BCUT2D eigenvalue weighted by atomic mass is 10.0. The zero-order valence-electron chi connectivity index (χ0n) is 11.1. The summed E-state index contributed by atoms with van der Waals surface area (Å²) in [5.74, 6) is 0. The molecule has 3 nitrogen and oxygen atoms in total. The molecule has 0 radical (unpaired) electrons. The molecule has 1 N–H and O–H groups in total. The summed E-state index contributed by atoms with van der Waals surface area (Å²) in [6.07, 6.45) is 3.34. The summed E-state index contributed by atoms with van der Waals surface area (Å²) in [7, 11) is 2.09. The largest absolute Gasteiger partial charge is 0.301 e. The van der Waals surface area contributed by atoms with Crippen LogP contribution in [0.5, 0.6) is 0 Å². The second kappa shape index (κ2) is 5.61. The molecule has 0 unspecified atom stereocenters. The van der Waals surface area contributed by atoms with Crippen LogP contribution in [0.4, 0.5) is 0 Å². The van der Waals surface area contributed by atoms with Gasteiger partial charge >= 0.3 is 0 Å². The van der Waals surface area contributed by atoms with Crippen LogP contribution in [0.3, 0.4) is 0 Å². The van der Waals surface area contributed by atoms with Crippen LogP contribution < -0.4 is 5.32 Å². The SMILES string of the molecule is CCCCN(C)C(C)(C)NC(C)(C)C=O. The molecule has 0 spiro atoms. The molecule has 0 aliphatic carbocycles. The fourth-order valence-corrected chi connectivity index (χ4v) is 1.59. The third-order valence-electron chi connectivity index (χ3n) is 2.72. The predicted molar refractivity (Wildman–Crippen MR) is 64.9 cm³/mol. The molecule has 0 saturated heterocycles. The van der Waals surface area contributed by atoms with Gasteiger partial charge in [0, 0.05) is 0 Å². The van der Waals surface area contributed by atoms with Crippen molar-refractivity contribution in [2.45, 2.75) is 58.7 Å². The third kappa shape index (κ3) is 5.28. The lowest BCUT2D eigenvalue weighted by molar-refractivity contribution is -0.113. The van der Waals surface area contributed by atoms with Gasteiger partial charge < -0.3 is 4.79 Å². The number of carbonyl (C=O) groups excluding carboxylic acids is 1. The third-order valence-corrected chi connectivity index (χ3v) is 2.72. The zero-order valence-corrected chi connectivity index (χ0v) is 11.1. The van der Waals surface area contributed by atoms with E-state index in [1.807, 2.05) is 13.8 Å². The molecule has 0 aromatic heterocycles. The number of rotatable bonds is 7. The van der Waals surface area contributed by atoms with Crippen LogP contribution in [-0.4, -0.2) is 36.0 Å². The molecule has 0 bridgehead atoms. The Bertz CT molecular complexity index is 200. The van der Waals surface area contributed by atoms with Gasteiger partial charge in [-0.15, -0.1) is 0 Å². The molecule has 0 aliphatic heterocycles. The van der Waals surface area contributed by atoms with Crippen molar-refractivity contribution in [1.82, 2.24) is 10.2 Å². The minimum absolute atomic E-state index is 0.153. The van der Waals surface area contributed by atoms with Crippen molar-refractivity contribution in [2.24, 2.45) is 0 Å². The minimum Gasteiger partial charge on any atom is -0.301 e. The Balaban J connectivity index is 4.33. The molecule has 0 saturated carbocycles. The molecule has 0 aliphatic rings. The first-order valence-corrected chi connectivity index (χ1v) is 5.72. The van der Waals surface area contributed by atoms with Gasteiger partial charge in [-0.2, -0.15) is 0 Å². The van der Waals surface area contributed by atoms with Gasteiger partial charge in [0.05, 0.1) is 11.2 Å². The lowest BCUT2D eigenvalue weighted by Crippen LogP contribution is -2.60. The monoisotopic (exact) mass is 214 g/mol. The smallest absolute Gasteiger partial charge is 0.139 e. The summed E-state index contributed by atoms with van der Waals surface area (Å²) >= 11 is 0. The Hall–Kier alpha value is -0.410. The molecule has 0 amide bonds. The maximum Gasteiger partial charge on any atom is 0.139 e. The summed E-state index contributed by atoms with van der Waals surface area (Å²) in [5.41, 5.74) is -0.621. The van der Waals surface area contributed by atoms with Crippen LogP contribution in [0.15, 0.2) is 0 Å². The van der Waals surface area contributed by atoms with Crippen LogP contribution in [0.1, 0.15) is 47.5 Å². The molecular weight excluding hydrogens is 188 g/mol. The Morgan fingerprint density at radius 2 is 1.80 bits per heavy atom. The van der Waals surface area contributed by atoms with Gasteiger partial charge in [0.2, 0.25) is 0 Å². The van der Waals surface area contributed by atoms with Gasteiger partial charge in [-0.3, -0.25) is 10.2 Å². The molecule has 0 atom stereocenters. The maximum absolute atomic E-state index is 10.9. The van der Waals surface area contributed by atoms with Gasteiger partial charge in [0.25, 0.3) is 0 Å². The van der Waals surface area contributed by atoms with Crippen molar-refractivity contribution in [2.75, 3.05) is 13.6 Å². The highest BCUT2D eigenvalue weighted by atomic mass is 16.1.